The number of para-hydroxylation sites is 1. The normalized spacial score (nSPS) is 10.6. The minimum atomic E-state index is 0. The van der Waals surface area contributed by atoms with Crippen LogP contribution in [0.15, 0.2) is 59.9 Å². The quantitative estimate of drug-likeness (QED) is 0.242. The van der Waals surface area contributed by atoms with E-state index in [2.05, 4.69) is 20.6 Å². The fourth-order valence-corrected chi connectivity index (χ4v) is 2.07. The maximum Gasteiger partial charge on any atom is 0.191 e. The first-order valence-electron chi connectivity index (χ1n) is 8.61. The van der Waals surface area contributed by atoms with Crippen LogP contribution in [0.4, 0.5) is 0 Å². The molecular weight excluding hydrogens is 443 g/mol. The Morgan fingerprint density at radius 3 is 2.50 bits per heavy atom. The van der Waals surface area contributed by atoms with Crippen molar-refractivity contribution in [1.29, 1.82) is 0 Å². The molecule has 0 saturated heterocycles. The van der Waals surface area contributed by atoms with Crippen LogP contribution in [0, 0.1) is 0 Å². The van der Waals surface area contributed by atoms with Gasteiger partial charge in [0.15, 0.2) is 5.96 Å². The van der Waals surface area contributed by atoms with Crippen molar-refractivity contribution in [1.82, 2.24) is 15.6 Å². The second kappa shape index (κ2) is 14.2. The van der Waals surface area contributed by atoms with Crippen molar-refractivity contribution in [3.8, 4) is 11.5 Å². The minimum absolute atomic E-state index is 0. The first-order valence-corrected chi connectivity index (χ1v) is 8.61. The second-order valence-corrected chi connectivity index (χ2v) is 5.24. The zero-order valence-corrected chi connectivity index (χ0v) is 17.4. The summed E-state index contributed by atoms with van der Waals surface area (Å²) in [6.45, 7) is 5.43. The van der Waals surface area contributed by atoms with Crippen molar-refractivity contribution >= 4 is 29.9 Å². The Bertz CT molecular complexity index is 611. The molecule has 0 aliphatic heterocycles. The molecule has 2 aromatic rings. The highest BCUT2D eigenvalue weighted by Gasteiger charge is 1.98. The van der Waals surface area contributed by atoms with Crippen LogP contribution in [0.3, 0.4) is 0 Å². The zero-order chi connectivity index (χ0) is 17.6. The molecule has 0 unspecified atom stereocenters. The van der Waals surface area contributed by atoms with E-state index in [0.29, 0.717) is 26.3 Å². The summed E-state index contributed by atoms with van der Waals surface area (Å²) in [5.74, 6) is 2.45. The van der Waals surface area contributed by atoms with Gasteiger partial charge in [-0.15, -0.1) is 24.0 Å². The maximum atomic E-state index is 5.66. The molecule has 0 spiro atoms. The SMILES string of the molecule is CCNC(=NCCCOc1ccccc1)NCCOc1cccnc1.I. The van der Waals surface area contributed by atoms with Crippen molar-refractivity contribution < 1.29 is 9.47 Å². The lowest BCUT2D eigenvalue weighted by Crippen LogP contribution is -2.39. The van der Waals surface area contributed by atoms with Crippen LogP contribution in [-0.4, -0.2) is 43.8 Å². The topological polar surface area (TPSA) is 67.8 Å². The van der Waals surface area contributed by atoms with Crippen molar-refractivity contribution in [2.45, 2.75) is 13.3 Å². The number of nitrogens with zero attached hydrogens (tertiary/aromatic N) is 2. The number of hydrogen-bond donors (Lipinski definition) is 2. The number of hydrogen-bond acceptors (Lipinski definition) is 4. The van der Waals surface area contributed by atoms with Gasteiger partial charge >= 0.3 is 0 Å². The summed E-state index contributed by atoms with van der Waals surface area (Å²) in [4.78, 5) is 8.55. The number of aromatic nitrogens is 1. The molecule has 7 heteroatoms. The van der Waals surface area contributed by atoms with Gasteiger partial charge in [-0.1, -0.05) is 18.2 Å². The summed E-state index contributed by atoms with van der Waals surface area (Å²) in [6, 6.07) is 13.6. The van der Waals surface area contributed by atoms with Gasteiger partial charge in [0, 0.05) is 25.7 Å². The van der Waals surface area contributed by atoms with Crippen molar-refractivity contribution in [3.63, 3.8) is 0 Å². The third-order valence-corrected chi connectivity index (χ3v) is 3.23. The first-order chi connectivity index (χ1) is 12.4. The van der Waals surface area contributed by atoms with Crippen LogP contribution in [0.2, 0.25) is 0 Å². The molecule has 1 aromatic carbocycles. The highest BCUT2D eigenvalue weighted by atomic mass is 127. The molecule has 0 fully saturated rings. The van der Waals surface area contributed by atoms with Gasteiger partial charge in [0.05, 0.1) is 19.3 Å². The highest BCUT2D eigenvalue weighted by Crippen LogP contribution is 2.08. The molecule has 6 nitrogen and oxygen atoms in total. The van der Waals surface area contributed by atoms with E-state index in [1.54, 1.807) is 12.4 Å². The highest BCUT2D eigenvalue weighted by molar-refractivity contribution is 14.0. The lowest BCUT2D eigenvalue weighted by atomic mass is 10.3. The summed E-state index contributed by atoms with van der Waals surface area (Å²) in [6.07, 6.45) is 4.28. The summed E-state index contributed by atoms with van der Waals surface area (Å²) < 4.78 is 11.3. The van der Waals surface area contributed by atoms with E-state index < -0.39 is 0 Å². The van der Waals surface area contributed by atoms with Crippen LogP contribution in [-0.2, 0) is 0 Å². The average Bonchev–Trinajstić information content (AvgIpc) is 2.66. The second-order valence-electron chi connectivity index (χ2n) is 5.24. The fourth-order valence-electron chi connectivity index (χ4n) is 2.07. The van der Waals surface area contributed by atoms with Gasteiger partial charge in [0.1, 0.15) is 18.1 Å². The van der Waals surface area contributed by atoms with Crippen molar-refractivity contribution in [2.24, 2.45) is 4.99 Å². The minimum Gasteiger partial charge on any atom is -0.494 e. The van der Waals surface area contributed by atoms with E-state index in [9.17, 15) is 0 Å². The van der Waals surface area contributed by atoms with Gasteiger partial charge < -0.3 is 20.1 Å². The molecule has 0 amide bonds. The molecule has 0 atom stereocenters. The predicted octanol–water partition coefficient (Wildman–Crippen LogP) is 3.10. The Labute approximate surface area is 172 Å². The lowest BCUT2D eigenvalue weighted by molar-refractivity contribution is 0.313. The van der Waals surface area contributed by atoms with E-state index in [4.69, 9.17) is 9.47 Å². The molecule has 1 aromatic heterocycles. The van der Waals surface area contributed by atoms with Gasteiger partial charge in [-0.3, -0.25) is 9.98 Å². The van der Waals surface area contributed by atoms with Gasteiger partial charge in [-0.25, -0.2) is 0 Å². The molecule has 0 aliphatic rings. The number of guanidine groups is 1. The van der Waals surface area contributed by atoms with Crippen molar-refractivity contribution in [2.75, 3.05) is 32.8 Å². The van der Waals surface area contributed by atoms with Crippen molar-refractivity contribution in [3.05, 3.63) is 54.9 Å². The number of halogens is 1. The van der Waals surface area contributed by atoms with Crippen LogP contribution < -0.4 is 20.1 Å². The molecule has 1 heterocycles. The molecular formula is C19H27IN4O2. The van der Waals surface area contributed by atoms with Crippen LogP contribution in [0.1, 0.15) is 13.3 Å². The third kappa shape index (κ3) is 9.45. The maximum absolute atomic E-state index is 5.66. The number of pyridine rings is 1. The van der Waals surface area contributed by atoms with E-state index in [1.807, 2.05) is 49.4 Å². The average molecular weight is 470 g/mol. The van der Waals surface area contributed by atoms with Crippen LogP contribution >= 0.6 is 24.0 Å². The largest absolute Gasteiger partial charge is 0.494 e. The predicted molar refractivity (Wildman–Crippen MR) is 116 cm³/mol. The molecule has 142 valence electrons. The Kier molecular flexibility index (Phi) is 12.0. The Morgan fingerprint density at radius 1 is 1.00 bits per heavy atom. The summed E-state index contributed by atoms with van der Waals surface area (Å²) in [5.41, 5.74) is 0. The summed E-state index contributed by atoms with van der Waals surface area (Å²) in [5, 5.41) is 6.47. The van der Waals surface area contributed by atoms with Gasteiger partial charge in [-0.05, 0) is 31.2 Å². The fraction of sp³-hybridized carbons (Fsp3) is 0.368. The molecule has 0 radical (unpaired) electrons. The van der Waals surface area contributed by atoms with E-state index >= 15 is 0 Å². The van der Waals surface area contributed by atoms with Gasteiger partial charge in [0.25, 0.3) is 0 Å². The summed E-state index contributed by atoms with van der Waals surface area (Å²) >= 11 is 0. The Balaban J connectivity index is 0.00000338. The standard InChI is InChI=1S/C19H26N4O2.HI/c1-2-21-19(23-13-15-25-18-10-6-11-20-16-18)22-12-7-14-24-17-8-4-3-5-9-17;/h3-6,8-11,16H,2,7,12-15H2,1H3,(H2,21,22,23);1H. The van der Waals surface area contributed by atoms with E-state index in [1.165, 1.54) is 0 Å². The van der Waals surface area contributed by atoms with Crippen LogP contribution in [0.25, 0.3) is 0 Å². The number of ether oxygens (including phenoxy) is 2. The molecule has 2 rings (SSSR count). The molecule has 0 bridgehead atoms. The Hall–Kier alpha value is -2.03. The number of rotatable bonds is 10. The van der Waals surface area contributed by atoms with Gasteiger partial charge in [0.2, 0.25) is 0 Å². The number of benzene rings is 1. The van der Waals surface area contributed by atoms with E-state index in [0.717, 1.165) is 30.4 Å². The monoisotopic (exact) mass is 470 g/mol. The third-order valence-electron chi connectivity index (χ3n) is 3.23. The molecule has 0 saturated carbocycles. The molecule has 0 aliphatic carbocycles. The molecule has 26 heavy (non-hydrogen) atoms. The molecule has 2 N–H and O–H groups in total. The van der Waals surface area contributed by atoms with E-state index in [-0.39, 0.29) is 24.0 Å². The lowest BCUT2D eigenvalue weighted by Gasteiger charge is -2.12. The smallest absolute Gasteiger partial charge is 0.191 e. The first kappa shape index (κ1) is 22.0. The Morgan fingerprint density at radius 2 is 1.77 bits per heavy atom. The number of nitrogens with one attached hydrogen (secondary N) is 2. The number of aliphatic imine (C=N–C) groups is 1. The summed E-state index contributed by atoms with van der Waals surface area (Å²) in [7, 11) is 0. The van der Waals surface area contributed by atoms with Gasteiger partial charge in [-0.2, -0.15) is 0 Å². The van der Waals surface area contributed by atoms with Crippen LogP contribution in [0.5, 0.6) is 11.5 Å². The zero-order valence-electron chi connectivity index (χ0n) is 15.1.